The first-order chi connectivity index (χ1) is 17.0. The quantitative estimate of drug-likeness (QED) is 0.491. The molecular weight excluding hydrogens is 470 g/mol. The van der Waals surface area contributed by atoms with Gasteiger partial charge in [-0.25, -0.2) is 14.6 Å². The number of hydrogen-bond donors (Lipinski definition) is 2. The van der Waals surface area contributed by atoms with Crippen LogP contribution in [0.1, 0.15) is 33.3 Å². The summed E-state index contributed by atoms with van der Waals surface area (Å²) in [6, 6.07) is 11.6. The van der Waals surface area contributed by atoms with E-state index in [9.17, 15) is 14.4 Å². The average Bonchev–Trinajstić information content (AvgIpc) is 3.37. The number of anilines is 2. The molecule has 4 rings (SSSR count). The summed E-state index contributed by atoms with van der Waals surface area (Å²) in [7, 11) is 3.35. The van der Waals surface area contributed by atoms with E-state index in [1.165, 1.54) is 13.2 Å². The van der Waals surface area contributed by atoms with Gasteiger partial charge in [0.25, 0.3) is 5.91 Å². The lowest BCUT2D eigenvalue weighted by molar-refractivity contribution is 0.0221. The Bertz CT molecular complexity index is 1230. The summed E-state index contributed by atoms with van der Waals surface area (Å²) in [6.07, 6.45) is 1.14. The van der Waals surface area contributed by atoms with E-state index in [2.05, 4.69) is 15.3 Å². The number of nitrogens with one attached hydrogen (secondary N) is 2. The van der Waals surface area contributed by atoms with Gasteiger partial charge in [-0.2, -0.15) is 0 Å². The molecule has 0 fully saturated rings. The molecule has 2 N–H and O–H groups in total. The molecule has 3 aromatic rings. The Morgan fingerprint density at radius 3 is 2.89 bits per heavy atom. The number of aromatic nitrogens is 2. The van der Waals surface area contributed by atoms with Crippen molar-refractivity contribution in [1.82, 2.24) is 15.3 Å². The van der Waals surface area contributed by atoms with Crippen molar-refractivity contribution in [3.05, 3.63) is 74.5 Å². The molecule has 1 atom stereocenters. The van der Waals surface area contributed by atoms with Gasteiger partial charge in [0, 0.05) is 50.4 Å². The van der Waals surface area contributed by atoms with Crippen LogP contribution < -0.4 is 20.8 Å². The van der Waals surface area contributed by atoms with E-state index < -0.39 is 11.8 Å². The third-order valence-electron chi connectivity index (χ3n) is 5.66. The lowest BCUT2D eigenvalue weighted by Crippen LogP contribution is -2.33. The molecule has 0 spiro atoms. The molecule has 0 saturated carbocycles. The molecule has 0 radical (unpaired) electrons. The van der Waals surface area contributed by atoms with Crippen LogP contribution >= 0.6 is 11.3 Å². The number of carbonyl (C=O) groups excluding carboxylic acids is 2. The number of H-pyrrole nitrogens is 1. The van der Waals surface area contributed by atoms with Crippen molar-refractivity contribution in [2.45, 2.75) is 19.1 Å². The number of amides is 2. The van der Waals surface area contributed by atoms with E-state index in [4.69, 9.17) is 9.47 Å². The van der Waals surface area contributed by atoms with Gasteiger partial charge < -0.3 is 24.6 Å². The Hall–Kier alpha value is -3.70. The number of aromatic amines is 1. The van der Waals surface area contributed by atoms with Crippen LogP contribution in [0.4, 0.5) is 16.3 Å². The van der Waals surface area contributed by atoms with Crippen LogP contribution in [-0.4, -0.2) is 55.8 Å². The molecule has 1 aliphatic rings. The van der Waals surface area contributed by atoms with Gasteiger partial charge in [-0.3, -0.25) is 9.78 Å². The van der Waals surface area contributed by atoms with E-state index >= 15 is 0 Å². The fourth-order valence-corrected chi connectivity index (χ4v) is 4.63. The second-order valence-corrected chi connectivity index (χ2v) is 8.97. The second kappa shape index (κ2) is 11.2. The highest BCUT2D eigenvalue weighted by Crippen LogP contribution is 2.29. The minimum Gasteiger partial charge on any atom is -0.449 e. The van der Waals surface area contributed by atoms with E-state index in [1.807, 2.05) is 53.7 Å². The van der Waals surface area contributed by atoms with Crippen LogP contribution in [0, 0.1) is 0 Å². The van der Waals surface area contributed by atoms with Gasteiger partial charge in [0.2, 0.25) is 0 Å². The van der Waals surface area contributed by atoms with Crippen LogP contribution in [0.3, 0.4) is 0 Å². The van der Waals surface area contributed by atoms with Crippen LogP contribution in [0.25, 0.3) is 0 Å². The predicted octanol–water partition coefficient (Wildman–Crippen LogP) is 2.93. The molecule has 184 valence electrons. The molecule has 2 aromatic heterocycles. The molecule has 0 saturated heterocycles. The minimum absolute atomic E-state index is 0.228. The van der Waals surface area contributed by atoms with Crippen LogP contribution in [0.5, 0.6) is 0 Å². The van der Waals surface area contributed by atoms with Crippen LogP contribution in [0.2, 0.25) is 0 Å². The molecule has 11 heteroatoms. The largest absolute Gasteiger partial charge is 0.449 e. The molecule has 3 heterocycles. The maximum atomic E-state index is 13.3. The SMILES string of the molecule is CNC(=O)OCCC(OCc1cccc(N2CCN(C)c3[nH]c(=O)ncc3C2=O)c1)c1cccs1. The van der Waals surface area contributed by atoms with E-state index in [-0.39, 0.29) is 18.6 Å². The van der Waals surface area contributed by atoms with Crippen LogP contribution in [-0.2, 0) is 16.1 Å². The normalized spacial score (nSPS) is 14.3. The summed E-state index contributed by atoms with van der Waals surface area (Å²) in [5.74, 6) is 0.240. The Balaban J connectivity index is 1.48. The topological polar surface area (TPSA) is 117 Å². The predicted molar refractivity (Wildman–Crippen MR) is 133 cm³/mol. The molecule has 10 nitrogen and oxygen atoms in total. The van der Waals surface area contributed by atoms with Crippen molar-refractivity contribution in [2.24, 2.45) is 0 Å². The summed E-state index contributed by atoms with van der Waals surface area (Å²) in [4.78, 5) is 47.3. The summed E-state index contributed by atoms with van der Waals surface area (Å²) in [6.45, 7) is 1.55. The zero-order valence-electron chi connectivity index (χ0n) is 19.5. The number of ether oxygens (including phenoxy) is 2. The first kappa shape index (κ1) is 24.4. The van der Waals surface area contributed by atoms with E-state index in [0.717, 1.165) is 16.1 Å². The monoisotopic (exact) mass is 497 g/mol. The maximum Gasteiger partial charge on any atom is 0.406 e. The highest BCUT2D eigenvalue weighted by molar-refractivity contribution is 7.10. The first-order valence-electron chi connectivity index (χ1n) is 11.2. The highest BCUT2D eigenvalue weighted by Gasteiger charge is 2.27. The Kier molecular flexibility index (Phi) is 7.78. The number of carbonyl (C=O) groups is 2. The third kappa shape index (κ3) is 5.87. The standard InChI is InChI=1S/C24H27N5O5S/c1-25-24(32)33-11-8-19(20-7-4-12-35-20)34-15-16-5-3-6-17(13-16)29-10-9-28(2)21-18(22(29)30)14-26-23(31)27-21/h3-7,12-14,19H,8-11,15H2,1-2H3,(H,25,32)(H,26,27,31). The van der Waals surface area contributed by atoms with Crippen LogP contribution in [0.15, 0.2) is 52.8 Å². The second-order valence-electron chi connectivity index (χ2n) is 7.99. The third-order valence-corrected chi connectivity index (χ3v) is 6.62. The number of fused-ring (bicyclic) bond motifs is 1. The molecule has 1 unspecified atom stereocenters. The fourth-order valence-electron chi connectivity index (χ4n) is 3.82. The summed E-state index contributed by atoms with van der Waals surface area (Å²) in [5.41, 5.74) is 1.50. The van der Waals surface area contributed by atoms with Gasteiger partial charge in [-0.05, 0) is 29.1 Å². The van der Waals surface area contributed by atoms with Crippen molar-refractivity contribution < 1.29 is 19.1 Å². The molecular formula is C24H27N5O5S. The Morgan fingerprint density at radius 2 is 2.11 bits per heavy atom. The number of nitrogens with zero attached hydrogens (tertiary/aromatic N) is 3. The number of hydrogen-bond acceptors (Lipinski definition) is 8. The zero-order valence-corrected chi connectivity index (χ0v) is 20.3. The van der Waals surface area contributed by atoms with E-state index in [1.54, 1.807) is 16.2 Å². The molecule has 35 heavy (non-hydrogen) atoms. The molecule has 0 aliphatic carbocycles. The summed E-state index contributed by atoms with van der Waals surface area (Å²) >= 11 is 1.58. The Morgan fingerprint density at radius 1 is 1.26 bits per heavy atom. The summed E-state index contributed by atoms with van der Waals surface area (Å²) in [5, 5.41) is 4.41. The number of rotatable bonds is 8. The van der Waals surface area contributed by atoms with Gasteiger partial charge in [-0.1, -0.05) is 18.2 Å². The number of alkyl carbamates (subject to hydrolysis) is 1. The maximum absolute atomic E-state index is 13.3. The number of likely N-dealkylation sites (N-methyl/N-ethyl adjacent to an activating group) is 1. The first-order valence-corrected chi connectivity index (χ1v) is 12.0. The van der Waals surface area contributed by atoms with Gasteiger partial charge in [0.15, 0.2) is 0 Å². The minimum atomic E-state index is -0.489. The van der Waals surface area contributed by atoms with Crippen molar-refractivity contribution in [2.75, 3.05) is 43.6 Å². The van der Waals surface area contributed by atoms with Gasteiger partial charge in [0.05, 0.1) is 24.9 Å². The number of benzene rings is 1. The van der Waals surface area contributed by atoms with Gasteiger partial charge in [-0.15, -0.1) is 11.3 Å². The van der Waals surface area contributed by atoms with E-state index in [0.29, 0.717) is 37.5 Å². The average molecular weight is 498 g/mol. The molecule has 2 amide bonds. The van der Waals surface area contributed by atoms with Crippen molar-refractivity contribution in [3.63, 3.8) is 0 Å². The lowest BCUT2D eigenvalue weighted by atomic mass is 10.1. The zero-order chi connectivity index (χ0) is 24.8. The van der Waals surface area contributed by atoms with Crippen molar-refractivity contribution >= 4 is 34.8 Å². The van der Waals surface area contributed by atoms with Crippen molar-refractivity contribution in [1.29, 1.82) is 0 Å². The smallest absolute Gasteiger partial charge is 0.406 e. The Labute approximate surface area is 206 Å². The van der Waals surface area contributed by atoms with Gasteiger partial charge in [0.1, 0.15) is 5.82 Å². The van der Waals surface area contributed by atoms with Crippen molar-refractivity contribution in [3.8, 4) is 0 Å². The molecule has 0 bridgehead atoms. The molecule has 1 aliphatic heterocycles. The van der Waals surface area contributed by atoms with Gasteiger partial charge >= 0.3 is 11.8 Å². The number of thiophene rings is 1. The molecule has 1 aromatic carbocycles. The summed E-state index contributed by atoms with van der Waals surface area (Å²) < 4.78 is 11.3. The highest BCUT2D eigenvalue weighted by atomic mass is 32.1. The lowest BCUT2D eigenvalue weighted by Gasteiger charge is -2.22. The fraction of sp³-hybridized carbons (Fsp3) is 0.333.